The van der Waals surface area contributed by atoms with Gasteiger partial charge in [-0.3, -0.25) is 0 Å². The van der Waals surface area contributed by atoms with Gasteiger partial charge in [0, 0.05) is 37.4 Å². The number of aromatic nitrogens is 1. The number of hydrogen-bond acceptors (Lipinski definition) is 5. The normalized spacial score (nSPS) is 17.9. The van der Waals surface area contributed by atoms with E-state index in [0.717, 1.165) is 6.07 Å². The number of aliphatic imine (C=N–C) groups is 2. The van der Waals surface area contributed by atoms with Crippen LogP contribution < -0.4 is 0 Å². The smallest absolute Gasteiger partial charge is 0.361 e. The largest absolute Gasteiger partial charge is 0.417 e. The number of alkyl halides is 6. The van der Waals surface area contributed by atoms with Crippen molar-refractivity contribution in [2.45, 2.75) is 37.9 Å². The van der Waals surface area contributed by atoms with Gasteiger partial charge in [-0.2, -0.15) is 26.3 Å². The van der Waals surface area contributed by atoms with E-state index < -0.39 is 35.1 Å². The third kappa shape index (κ3) is 4.29. The fraction of sp³-hybridized carbons (Fsp3) is 0.261. The lowest BCUT2D eigenvalue weighted by Gasteiger charge is -2.14. The van der Waals surface area contributed by atoms with Crippen molar-refractivity contribution in [3.8, 4) is 11.3 Å². The van der Waals surface area contributed by atoms with Crippen molar-refractivity contribution in [2.24, 2.45) is 9.98 Å². The standard InChI is InChI=1S/C23H16F6N4O/c24-22(25,26)15-5-6-18(19(7-15)23(27,28)29)20-9-17(34-32-20)8-16-10-30-21(31-16)33-11-13-3-1-2-4-14(13)12-33/h1-7,9-10,16H,8,11-12H2. The molecule has 2 aliphatic heterocycles. The average Bonchev–Trinajstić information content (AvgIpc) is 3.51. The molecule has 0 fully saturated rings. The molecule has 0 bridgehead atoms. The second kappa shape index (κ2) is 8.00. The average molecular weight is 478 g/mol. The number of halogens is 6. The Hall–Kier alpha value is -3.63. The first-order valence-corrected chi connectivity index (χ1v) is 10.3. The fourth-order valence-electron chi connectivity index (χ4n) is 4.02. The lowest BCUT2D eigenvalue weighted by atomic mass is 10.00. The van der Waals surface area contributed by atoms with Crippen molar-refractivity contribution < 1.29 is 30.9 Å². The number of hydrogen-bond donors (Lipinski definition) is 0. The second-order valence-corrected chi connectivity index (χ2v) is 8.04. The molecule has 0 saturated carbocycles. The molecule has 1 aromatic heterocycles. The molecule has 0 amide bonds. The molecule has 2 aliphatic rings. The van der Waals surface area contributed by atoms with Crippen LogP contribution in [-0.4, -0.2) is 28.3 Å². The Morgan fingerprint density at radius 2 is 1.62 bits per heavy atom. The first kappa shape index (κ1) is 22.2. The Balaban J connectivity index is 1.33. The Bertz CT molecular complexity index is 1270. The number of rotatable bonds is 3. The van der Waals surface area contributed by atoms with Crippen LogP contribution in [0.3, 0.4) is 0 Å². The zero-order chi connectivity index (χ0) is 24.1. The molecule has 0 spiro atoms. The molecule has 5 rings (SSSR count). The van der Waals surface area contributed by atoms with Gasteiger partial charge in [-0.05, 0) is 23.3 Å². The molecule has 2 aromatic carbocycles. The molecule has 0 aliphatic carbocycles. The van der Waals surface area contributed by atoms with Gasteiger partial charge in [0.2, 0.25) is 5.96 Å². The summed E-state index contributed by atoms with van der Waals surface area (Å²) in [6, 6.07) is 10.3. The third-order valence-electron chi connectivity index (χ3n) is 5.66. The zero-order valence-electron chi connectivity index (χ0n) is 17.4. The summed E-state index contributed by atoms with van der Waals surface area (Å²) >= 11 is 0. The van der Waals surface area contributed by atoms with E-state index >= 15 is 0 Å². The Labute approximate surface area is 189 Å². The predicted octanol–water partition coefficient (Wildman–Crippen LogP) is 5.75. The second-order valence-electron chi connectivity index (χ2n) is 8.04. The minimum atomic E-state index is -5.00. The molecule has 11 heteroatoms. The number of nitrogens with zero attached hydrogens (tertiary/aromatic N) is 4. The quantitative estimate of drug-likeness (QED) is 0.451. The highest BCUT2D eigenvalue weighted by atomic mass is 19.4. The number of fused-ring (bicyclic) bond motifs is 1. The van der Waals surface area contributed by atoms with Gasteiger partial charge in [0.1, 0.15) is 11.5 Å². The van der Waals surface area contributed by atoms with E-state index in [1.54, 1.807) is 6.21 Å². The van der Waals surface area contributed by atoms with E-state index in [1.807, 2.05) is 29.2 Å². The van der Waals surface area contributed by atoms with E-state index in [0.29, 0.717) is 25.1 Å². The Kier molecular flexibility index (Phi) is 5.22. The van der Waals surface area contributed by atoms with E-state index in [1.165, 1.54) is 17.2 Å². The monoisotopic (exact) mass is 478 g/mol. The van der Waals surface area contributed by atoms with Crippen LogP contribution in [0.5, 0.6) is 0 Å². The fourth-order valence-corrected chi connectivity index (χ4v) is 4.02. The van der Waals surface area contributed by atoms with Gasteiger partial charge in [-0.25, -0.2) is 9.98 Å². The van der Waals surface area contributed by atoms with Gasteiger partial charge in [0.15, 0.2) is 0 Å². The summed E-state index contributed by atoms with van der Waals surface area (Å²) in [7, 11) is 0. The molecule has 0 radical (unpaired) electrons. The summed E-state index contributed by atoms with van der Waals surface area (Å²) in [5.41, 5.74) is -1.12. The maximum absolute atomic E-state index is 13.5. The van der Waals surface area contributed by atoms with E-state index in [4.69, 9.17) is 4.52 Å². The minimum absolute atomic E-state index is 0.0813. The summed E-state index contributed by atoms with van der Waals surface area (Å²) in [5.74, 6) is 0.803. The molecule has 176 valence electrons. The highest BCUT2D eigenvalue weighted by Gasteiger charge is 2.39. The van der Waals surface area contributed by atoms with E-state index in [-0.39, 0.29) is 23.9 Å². The SMILES string of the molecule is FC(F)(F)c1ccc(-c2cc(CC3C=NC(N4Cc5ccccc5C4)=N3)on2)c(C(F)(F)F)c1. The van der Waals surface area contributed by atoms with Crippen LogP contribution >= 0.6 is 0 Å². The van der Waals surface area contributed by atoms with Gasteiger partial charge in [-0.1, -0.05) is 35.5 Å². The van der Waals surface area contributed by atoms with Crippen molar-refractivity contribution in [3.63, 3.8) is 0 Å². The molecule has 34 heavy (non-hydrogen) atoms. The molecule has 0 N–H and O–H groups in total. The number of benzene rings is 2. The lowest BCUT2D eigenvalue weighted by Crippen LogP contribution is -2.22. The van der Waals surface area contributed by atoms with Gasteiger partial charge in [-0.15, -0.1) is 0 Å². The highest BCUT2D eigenvalue weighted by Crippen LogP contribution is 2.40. The van der Waals surface area contributed by atoms with Crippen molar-refractivity contribution in [1.29, 1.82) is 0 Å². The first-order valence-electron chi connectivity index (χ1n) is 10.3. The molecule has 5 nitrogen and oxygen atoms in total. The molecule has 0 saturated heterocycles. The van der Waals surface area contributed by atoms with Crippen LogP contribution in [0.15, 0.2) is 63.0 Å². The highest BCUT2D eigenvalue weighted by molar-refractivity contribution is 5.95. The van der Waals surface area contributed by atoms with Gasteiger partial charge >= 0.3 is 12.4 Å². The maximum Gasteiger partial charge on any atom is 0.417 e. The summed E-state index contributed by atoms with van der Waals surface area (Å²) in [5, 5.41) is 3.66. The Morgan fingerprint density at radius 3 is 2.26 bits per heavy atom. The topological polar surface area (TPSA) is 54.0 Å². The van der Waals surface area contributed by atoms with Crippen molar-refractivity contribution in [2.75, 3.05) is 0 Å². The van der Waals surface area contributed by atoms with E-state index in [9.17, 15) is 26.3 Å². The molecule has 1 atom stereocenters. The van der Waals surface area contributed by atoms with Crippen LogP contribution in [0, 0.1) is 0 Å². The van der Waals surface area contributed by atoms with Crippen molar-refractivity contribution in [1.82, 2.24) is 10.1 Å². The summed E-state index contributed by atoms with van der Waals surface area (Å²) in [6.07, 6.45) is -8.08. The lowest BCUT2D eigenvalue weighted by molar-refractivity contribution is -0.142. The molecule has 3 aromatic rings. The van der Waals surface area contributed by atoms with Gasteiger partial charge < -0.3 is 9.42 Å². The van der Waals surface area contributed by atoms with Crippen LogP contribution in [0.1, 0.15) is 28.0 Å². The van der Waals surface area contributed by atoms with Crippen LogP contribution in [0.4, 0.5) is 26.3 Å². The van der Waals surface area contributed by atoms with Crippen LogP contribution in [-0.2, 0) is 31.9 Å². The van der Waals surface area contributed by atoms with Crippen LogP contribution in [0.2, 0.25) is 0 Å². The van der Waals surface area contributed by atoms with E-state index in [2.05, 4.69) is 15.1 Å². The molecular formula is C23H16F6N4O. The Morgan fingerprint density at radius 1 is 0.912 bits per heavy atom. The van der Waals surface area contributed by atoms with Crippen molar-refractivity contribution in [3.05, 3.63) is 76.5 Å². The molecular weight excluding hydrogens is 462 g/mol. The zero-order valence-corrected chi connectivity index (χ0v) is 17.4. The number of guanidine groups is 1. The first-order chi connectivity index (χ1) is 16.1. The van der Waals surface area contributed by atoms with Gasteiger partial charge in [0.05, 0.1) is 17.2 Å². The summed E-state index contributed by atoms with van der Waals surface area (Å²) in [4.78, 5) is 10.9. The summed E-state index contributed by atoms with van der Waals surface area (Å²) in [6.45, 7) is 1.36. The minimum Gasteiger partial charge on any atom is -0.361 e. The van der Waals surface area contributed by atoms with Gasteiger partial charge in [0.25, 0.3) is 0 Å². The predicted molar refractivity (Wildman–Crippen MR) is 111 cm³/mol. The van der Waals surface area contributed by atoms with Crippen molar-refractivity contribution >= 4 is 12.2 Å². The summed E-state index contributed by atoms with van der Waals surface area (Å²) < 4.78 is 84.3. The van der Waals surface area contributed by atoms with Crippen LogP contribution in [0.25, 0.3) is 11.3 Å². The third-order valence-corrected chi connectivity index (χ3v) is 5.66. The molecule has 1 unspecified atom stereocenters. The molecule has 3 heterocycles. The maximum atomic E-state index is 13.5.